The molecule has 130 valence electrons. The van der Waals surface area contributed by atoms with Gasteiger partial charge in [0.15, 0.2) is 0 Å². The summed E-state index contributed by atoms with van der Waals surface area (Å²) in [6, 6.07) is 4.07. The molecule has 0 aromatic heterocycles. The molecule has 1 aromatic carbocycles. The summed E-state index contributed by atoms with van der Waals surface area (Å²) in [6.07, 6.45) is -4.42. The van der Waals surface area contributed by atoms with E-state index in [9.17, 15) is 22.4 Å². The standard InChI is InChI=1S/C14H17BrF4N2O2/c15-10-2-3-12(11(16)8-10)20-13(23)4-6-21(5-1-7-22)9-14(17,18)19/h2-3,8,22H,1,4-7,9H2,(H,20,23). The van der Waals surface area contributed by atoms with Crippen LogP contribution in [0.1, 0.15) is 12.8 Å². The van der Waals surface area contributed by atoms with Gasteiger partial charge >= 0.3 is 6.18 Å². The van der Waals surface area contributed by atoms with Crippen LogP contribution in [-0.4, -0.2) is 48.3 Å². The SMILES string of the molecule is O=C(CCN(CCCO)CC(F)(F)F)Nc1ccc(Br)cc1F. The lowest BCUT2D eigenvalue weighted by molar-refractivity contribution is -0.147. The highest BCUT2D eigenvalue weighted by Crippen LogP contribution is 2.20. The first kappa shape index (κ1) is 19.9. The van der Waals surface area contributed by atoms with Crippen LogP contribution in [0.2, 0.25) is 0 Å². The fraction of sp³-hybridized carbons (Fsp3) is 0.500. The second-order valence-electron chi connectivity index (χ2n) is 4.89. The van der Waals surface area contributed by atoms with Crippen LogP contribution in [0, 0.1) is 5.82 Å². The molecule has 0 heterocycles. The number of rotatable bonds is 8. The van der Waals surface area contributed by atoms with Gasteiger partial charge in [0.2, 0.25) is 5.91 Å². The molecule has 0 saturated heterocycles. The third-order valence-electron chi connectivity index (χ3n) is 2.90. The van der Waals surface area contributed by atoms with E-state index in [-0.39, 0.29) is 38.2 Å². The number of aliphatic hydroxyl groups excluding tert-OH is 1. The van der Waals surface area contributed by atoms with Crippen molar-refractivity contribution in [3.63, 3.8) is 0 Å². The summed E-state index contributed by atoms with van der Waals surface area (Å²) in [5.41, 5.74) is -0.0315. The van der Waals surface area contributed by atoms with E-state index in [0.29, 0.717) is 4.47 Å². The predicted molar refractivity (Wildman–Crippen MR) is 81.5 cm³/mol. The van der Waals surface area contributed by atoms with E-state index >= 15 is 0 Å². The largest absolute Gasteiger partial charge is 0.401 e. The third-order valence-corrected chi connectivity index (χ3v) is 3.39. The molecule has 1 amide bonds. The van der Waals surface area contributed by atoms with E-state index in [1.54, 1.807) is 0 Å². The maximum atomic E-state index is 13.6. The first-order valence-electron chi connectivity index (χ1n) is 6.86. The van der Waals surface area contributed by atoms with Gasteiger partial charge in [-0.3, -0.25) is 9.69 Å². The van der Waals surface area contributed by atoms with Crippen LogP contribution in [0.3, 0.4) is 0 Å². The number of hydrogen-bond donors (Lipinski definition) is 2. The van der Waals surface area contributed by atoms with Crippen molar-refractivity contribution in [2.75, 3.05) is 31.6 Å². The van der Waals surface area contributed by atoms with Gasteiger partial charge in [-0.1, -0.05) is 15.9 Å². The van der Waals surface area contributed by atoms with Crippen molar-refractivity contribution in [2.24, 2.45) is 0 Å². The summed E-state index contributed by atoms with van der Waals surface area (Å²) >= 11 is 3.08. The molecular weight excluding hydrogens is 384 g/mol. The predicted octanol–water partition coefficient (Wildman–Crippen LogP) is 3.16. The van der Waals surface area contributed by atoms with Gasteiger partial charge in [-0.05, 0) is 24.6 Å². The van der Waals surface area contributed by atoms with Gasteiger partial charge < -0.3 is 10.4 Å². The Hall–Kier alpha value is -1.19. The van der Waals surface area contributed by atoms with Crippen LogP contribution >= 0.6 is 15.9 Å². The Bertz CT molecular complexity index is 526. The van der Waals surface area contributed by atoms with Crippen molar-refractivity contribution in [1.29, 1.82) is 0 Å². The minimum atomic E-state index is -4.39. The van der Waals surface area contributed by atoms with Crippen LogP contribution in [0.5, 0.6) is 0 Å². The van der Waals surface area contributed by atoms with Crippen LogP contribution < -0.4 is 5.32 Å². The Balaban J connectivity index is 2.53. The fourth-order valence-corrected chi connectivity index (χ4v) is 2.21. The summed E-state index contributed by atoms with van der Waals surface area (Å²) in [5, 5.41) is 11.0. The van der Waals surface area contributed by atoms with Crippen molar-refractivity contribution in [1.82, 2.24) is 4.90 Å². The Labute approximate surface area is 139 Å². The Kier molecular flexibility index (Phi) is 7.93. The minimum Gasteiger partial charge on any atom is -0.396 e. The van der Waals surface area contributed by atoms with Gasteiger partial charge in [0.25, 0.3) is 0 Å². The maximum Gasteiger partial charge on any atom is 0.401 e. The number of amides is 1. The van der Waals surface area contributed by atoms with Gasteiger partial charge in [0.05, 0.1) is 12.2 Å². The summed E-state index contributed by atoms with van der Waals surface area (Å²) in [7, 11) is 0. The molecule has 0 fully saturated rings. The highest BCUT2D eigenvalue weighted by molar-refractivity contribution is 9.10. The van der Waals surface area contributed by atoms with Crippen molar-refractivity contribution in [3.05, 3.63) is 28.5 Å². The third kappa shape index (κ3) is 8.29. The lowest BCUT2D eigenvalue weighted by Crippen LogP contribution is -2.37. The first-order valence-corrected chi connectivity index (χ1v) is 7.65. The number of alkyl halides is 3. The molecule has 0 radical (unpaired) electrons. The van der Waals surface area contributed by atoms with Gasteiger partial charge in [-0.2, -0.15) is 13.2 Å². The first-order chi connectivity index (χ1) is 10.7. The zero-order valence-electron chi connectivity index (χ0n) is 12.2. The Morgan fingerprint density at radius 3 is 2.57 bits per heavy atom. The summed E-state index contributed by atoms with van der Waals surface area (Å²) in [4.78, 5) is 12.8. The zero-order chi connectivity index (χ0) is 17.5. The maximum absolute atomic E-state index is 13.6. The molecule has 1 aromatic rings. The number of carbonyl (C=O) groups excluding carboxylic acids is 1. The van der Waals surface area contributed by atoms with Crippen LogP contribution in [0.25, 0.3) is 0 Å². The van der Waals surface area contributed by atoms with E-state index in [1.807, 2.05) is 0 Å². The monoisotopic (exact) mass is 400 g/mol. The summed E-state index contributed by atoms with van der Waals surface area (Å²) < 4.78 is 51.4. The van der Waals surface area contributed by atoms with E-state index in [0.717, 1.165) is 4.90 Å². The lowest BCUT2D eigenvalue weighted by atomic mass is 10.2. The molecule has 1 rings (SSSR count). The molecule has 9 heteroatoms. The molecule has 0 saturated carbocycles. The number of benzene rings is 1. The number of nitrogens with zero attached hydrogens (tertiary/aromatic N) is 1. The number of aliphatic hydroxyl groups is 1. The van der Waals surface area contributed by atoms with E-state index in [2.05, 4.69) is 21.2 Å². The Morgan fingerprint density at radius 2 is 2.00 bits per heavy atom. The zero-order valence-corrected chi connectivity index (χ0v) is 13.8. The number of halogens is 5. The minimum absolute atomic E-state index is 0.0237. The molecule has 0 aliphatic heterocycles. The average Bonchev–Trinajstić information content (AvgIpc) is 2.43. The van der Waals surface area contributed by atoms with Gasteiger partial charge in [-0.15, -0.1) is 0 Å². The van der Waals surface area contributed by atoms with Gasteiger partial charge in [0.1, 0.15) is 5.82 Å². The van der Waals surface area contributed by atoms with Crippen LogP contribution in [-0.2, 0) is 4.79 Å². The number of carbonyl (C=O) groups is 1. The fourth-order valence-electron chi connectivity index (χ4n) is 1.88. The number of anilines is 1. The summed E-state index contributed by atoms with van der Waals surface area (Å²) in [5.74, 6) is -1.22. The normalized spacial score (nSPS) is 11.8. The Morgan fingerprint density at radius 1 is 1.30 bits per heavy atom. The topological polar surface area (TPSA) is 52.6 Å². The molecule has 4 nitrogen and oxygen atoms in total. The number of nitrogens with one attached hydrogen (secondary N) is 1. The van der Waals surface area contributed by atoms with Crippen molar-refractivity contribution >= 4 is 27.5 Å². The van der Waals surface area contributed by atoms with Crippen molar-refractivity contribution in [2.45, 2.75) is 19.0 Å². The molecular formula is C14H17BrF4N2O2. The van der Waals surface area contributed by atoms with E-state index in [1.165, 1.54) is 18.2 Å². The molecule has 0 unspecified atom stereocenters. The second kappa shape index (κ2) is 9.19. The molecule has 0 aliphatic carbocycles. The molecule has 2 N–H and O–H groups in total. The smallest absolute Gasteiger partial charge is 0.396 e. The van der Waals surface area contributed by atoms with Crippen molar-refractivity contribution in [3.8, 4) is 0 Å². The summed E-state index contributed by atoms with van der Waals surface area (Å²) in [6.45, 7) is -1.50. The van der Waals surface area contributed by atoms with Crippen molar-refractivity contribution < 1.29 is 27.5 Å². The molecule has 0 atom stereocenters. The lowest BCUT2D eigenvalue weighted by Gasteiger charge is -2.23. The quantitative estimate of drug-likeness (QED) is 0.659. The second-order valence-corrected chi connectivity index (χ2v) is 5.81. The van der Waals surface area contributed by atoms with E-state index < -0.39 is 24.4 Å². The van der Waals surface area contributed by atoms with Crippen LogP contribution in [0.15, 0.2) is 22.7 Å². The van der Waals surface area contributed by atoms with Crippen LogP contribution in [0.4, 0.5) is 23.2 Å². The molecule has 0 bridgehead atoms. The molecule has 0 aliphatic rings. The van der Waals surface area contributed by atoms with Gasteiger partial charge in [-0.25, -0.2) is 4.39 Å². The average molecular weight is 401 g/mol. The number of hydrogen-bond acceptors (Lipinski definition) is 3. The highest BCUT2D eigenvalue weighted by Gasteiger charge is 2.30. The molecule has 0 spiro atoms. The highest BCUT2D eigenvalue weighted by atomic mass is 79.9. The molecule has 23 heavy (non-hydrogen) atoms. The van der Waals surface area contributed by atoms with E-state index in [4.69, 9.17) is 5.11 Å². The van der Waals surface area contributed by atoms with Gasteiger partial charge in [0, 0.05) is 30.6 Å².